The van der Waals surface area contributed by atoms with Crippen LogP contribution in [0.1, 0.15) is 27.9 Å². The SMILES string of the molecule is NC(=O)c1cnc(N)c2cc(-c3ccc4c(c3)CCC(O)C4)sc12. The van der Waals surface area contributed by atoms with Gasteiger partial charge < -0.3 is 16.6 Å². The number of carbonyl (C=O) groups excluding carboxylic acids is 1. The molecule has 1 aromatic carbocycles. The van der Waals surface area contributed by atoms with Crippen molar-refractivity contribution in [3.63, 3.8) is 0 Å². The number of pyridine rings is 1. The van der Waals surface area contributed by atoms with Gasteiger partial charge in [-0.3, -0.25) is 4.79 Å². The third kappa shape index (κ3) is 2.44. The van der Waals surface area contributed by atoms with Crippen LogP contribution in [-0.2, 0) is 12.8 Å². The Labute approximate surface area is 142 Å². The lowest BCUT2D eigenvalue weighted by Crippen LogP contribution is -2.18. The average Bonchev–Trinajstić information content (AvgIpc) is 3.00. The van der Waals surface area contributed by atoms with Gasteiger partial charge in [0.25, 0.3) is 5.91 Å². The summed E-state index contributed by atoms with van der Waals surface area (Å²) in [7, 11) is 0. The molecule has 0 bridgehead atoms. The van der Waals surface area contributed by atoms with Gasteiger partial charge >= 0.3 is 0 Å². The summed E-state index contributed by atoms with van der Waals surface area (Å²) >= 11 is 1.50. The maximum Gasteiger partial charge on any atom is 0.251 e. The largest absolute Gasteiger partial charge is 0.393 e. The van der Waals surface area contributed by atoms with Crippen LogP contribution in [-0.4, -0.2) is 22.1 Å². The van der Waals surface area contributed by atoms with E-state index >= 15 is 0 Å². The molecule has 1 atom stereocenters. The number of nitrogens with two attached hydrogens (primary N) is 2. The molecular weight excluding hydrogens is 322 g/mol. The monoisotopic (exact) mass is 339 g/mol. The highest BCUT2D eigenvalue weighted by atomic mass is 32.1. The number of fused-ring (bicyclic) bond motifs is 2. The number of aromatic nitrogens is 1. The molecule has 0 fully saturated rings. The first kappa shape index (κ1) is 15.1. The minimum Gasteiger partial charge on any atom is -0.393 e. The third-order valence-electron chi connectivity index (χ3n) is 4.54. The molecule has 0 aliphatic heterocycles. The van der Waals surface area contributed by atoms with Gasteiger partial charge in [-0.1, -0.05) is 18.2 Å². The number of aryl methyl sites for hydroxylation is 1. The van der Waals surface area contributed by atoms with Crippen molar-refractivity contribution in [2.75, 3.05) is 5.73 Å². The Hall–Kier alpha value is -2.44. The number of nitrogen functional groups attached to an aromatic ring is 1. The molecule has 0 radical (unpaired) electrons. The normalized spacial score (nSPS) is 17.0. The molecule has 1 aliphatic rings. The lowest BCUT2D eigenvalue weighted by molar-refractivity contribution is 0.100. The minimum atomic E-state index is -0.500. The second-order valence-electron chi connectivity index (χ2n) is 6.15. The fourth-order valence-corrected chi connectivity index (χ4v) is 4.43. The number of aliphatic hydroxyl groups is 1. The lowest BCUT2D eigenvalue weighted by atomic mass is 9.88. The molecule has 1 unspecified atom stereocenters. The highest BCUT2D eigenvalue weighted by molar-refractivity contribution is 7.22. The van der Waals surface area contributed by atoms with Crippen LogP contribution in [0, 0.1) is 0 Å². The van der Waals surface area contributed by atoms with Crippen LogP contribution in [0.4, 0.5) is 5.82 Å². The van der Waals surface area contributed by atoms with E-state index in [1.54, 1.807) is 0 Å². The van der Waals surface area contributed by atoms with Crippen LogP contribution < -0.4 is 11.5 Å². The number of benzene rings is 1. The highest BCUT2D eigenvalue weighted by Gasteiger charge is 2.18. The molecule has 0 saturated heterocycles. The average molecular weight is 339 g/mol. The summed E-state index contributed by atoms with van der Waals surface area (Å²) in [4.78, 5) is 16.7. The Morgan fingerprint density at radius 1 is 1.29 bits per heavy atom. The van der Waals surface area contributed by atoms with Crippen LogP contribution >= 0.6 is 11.3 Å². The smallest absolute Gasteiger partial charge is 0.251 e. The number of hydrogen-bond donors (Lipinski definition) is 3. The Balaban J connectivity index is 1.84. The molecule has 0 spiro atoms. The molecule has 4 rings (SSSR count). The van der Waals surface area contributed by atoms with Gasteiger partial charge in [-0.05, 0) is 42.0 Å². The van der Waals surface area contributed by atoms with Crippen molar-refractivity contribution >= 4 is 33.1 Å². The summed E-state index contributed by atoms with van der Waals surface area (Å²) in [6, 6.07) is 8.26. The van der Waals surface area contributed by atoms with Crippen molar-refractivity contribution in [3.05, 3.63) is 47.2 Å². The van der Waals surface area contributed by atoms with Crippen molar-refractivity contribution in [3.8, 4) is 10.4 Å². The Morgan fingerprint density at radius 2 is 2.12 bits per heavy atom. The van der Waals surface area contributed by atoms with Crippen LogP contribution in [0.2, 0.25) is 0 Å². The number of hydrogen-bond acceptors (Lipinski definition) is 5. The maximum atomic E-state index is 11.6. The van der Waals surface area contributed by atoms with Crippen molar-refractivity contribution in [2.24, 2.45) is 5.73 Å². The number of aliphatic hydroxyl groups excluding tert-OH is 1. The van der Waals surface area contributed by atoms with Gasteiger partial charge in [-0.15, -0.1) is 11.3 Å². The number of amides is 1. The van der Waals surface area contributed by atoms with Gasteiger partial charge in [0.2, 0.25) is 0 Å². The molecular formula is C18H17N3O2S. The topological polar surface area (TPSA) is 102 Å². The van der Waals surface area contributed by atoms with Crippen molar-refractivity contribution in [1.29, 1.82) is 0 Å². The Bertz CT molecular complexity index is 964. The van der Waals surface area contributed by atoms with E-state index in [0.29, 0.717) is 17.8 Å². The maximum absolute atomic E-state index is 11.6. The summed E-state index contributed by atoms with van der Waals surface area (Å²) in [6.07, 6.45) is 3.59. The number of nitrogens with zero attached hydrogens (tertiary/aromatic N) is 1. The van der Waals surface area contributed by atoms with E-state index in [1.165, 1.54) is 28.7 Å². The van der Waals surface area contributed by atoms with Gasteiger partial charge in [0.15, 0.2) is 0 Å². The second-order valence-corrected chi connectivity index (χ2v) is 7.21. The lowest BCUT2D eigenvalue weighted by Gasteiger charge is -2.21. The molecule has 1 amide bonds. The van der Waals surface area contributed by atoms with E-state index in [1.807, 2.05) is 6.07 Å². The van der Waals surface area contributed by atoms with Gasteiger partial charge in [0.05, 0.1) is 16.4 Å². The van der Waals surface area contributed by atoms with E-state index in [4.69, 9.17) is 11.5 Å². The van der Waals surface area contributed by atoms with Crippen LogP contribution in [0.5, 0.6) is 0 Å². The van der Waals surface area contributed by atoms with Crippen molar-refractivity contribution < 1.29 is 9.90 Å². The predicted molar refractivity (Wildman–Crippen MR) is 96.0 cm³/mol. The molecule has 122 valence electrons. The van der Waals surface area contributed by atoms with Crippen molar-refractivity contribution in [1.82, 2.24) is 4.98 Å². The van der Waals surface area contributed by atoms with E-state index in [9.17, 15) is 9.90 Å². The molecule has 2 heterocycles. The van der Waals surface area contributed by atoms with E-state index in [2.05, 4.69) is 23.2 Å². The molecule has 2 aromatic heterocycles. The summed E-state index contributed by atoms with van der Waals surface area (Å²) in [5.41, 5.74) is 15.4. The number of rotatable bonds is 2. The van der Waals surface area contributed by atoms with E-state index in [-0.39, 0.29) is 6.10 Å². The van der Waals surface area contributed by atoms with Gasteiger partial charge in [-0.25, -0.2) is 4.98 Å². The molecule has 24 heavy (non-hydrogen) atoms. The number of primary amides is 1. The number of carbonyl (C=O) groups is 1. The van der Waals surface area contributed by atoms with Gasteiger partial charge in [0.1, 0.15) is 5.82 Å². The standard InChI is InChI=1S/C18H17N3O2S/c19-17-13-7-15(24-16(13)14(8-21-17)18(20)23)11-2-1-10-6-12(22)4-3-9(10)5-11/h1-2,5,7-8,12,22H,3-4,6H2,(H2,19,21)(H2,20,23). The van der Waals surface area contributed by atoms with Crippen LogP contribution in [0.15, 0.2) is 30.5 Å². The van der Waals surface area contributed by atoms with Gasteiger partial charge in [-0.2, -0.15) is 0 Å². The van der Waals surface area contributed by atoms with Crippen LogP contribution in [0.3, 0.4) is 0 Å². The fourth-order valence-electron chi connectivity index (χ4n) is 3.25. The summed E-state index contributed by atoms with van der Waals surface area (Å²) in [5, 5.41) is 10.6. The van der Waals surface area contributed by atoms with E-state index < -0.39 is 5.91 Å². The first-order chi connectivity index (χ1) is 11.5. The number of thiophene rings is 1. The zero-order valence-electron chi connectivity index (χ0n) is 13.0. The highest BCUT2D eigenvalue weighted by Crippen LogP contribution is 2.38. The first-order valence-electron chi connectivity index (χ1n) is 7.81. The molecule has 6 heteroatoms. The second kappa shape index (κ2) is 5.58. The van der Waals surface area contributed by atoms with E-state index in [0.717, 1.165) is 33.4 Å². The summed E-state index contributed by atoms with van der Waals surface area (Å²) < 4.78 is 0.776. The summed E-state index contributed by atoms with van der Waals surface area (Å²) in [6.45, 7) is 0. The fraction of sp³-hybridized carbons (Fsp3) is 0.222. The summed E-state index contributed by atoms with van der Waals surface area (Å²) in [5.74, 6) is -0.0982. The zero-order chi connectivity index (χ0) is 16.8. The molecule has 5 N–H and O–H groups in total. The van der Waals surface area contributed by atoms with Gasteiger partial charge in [0, 0.05) is 16.5 Å². The molecule has 5 nitrogen and oxygen atoms in total. The molecule has 1 aliphatic carbocycles. The third-order valence-corrected chi connectivity index (χ3v) is 5.76. The quantitative estimate of drug-likeness (QED) is 0.667. The Kier molecular flexibility index (Phi) is 3.51. The zero-order valence-corrected chi connectivity index (χ0v) is 13.8. The molecule has 3 aromatic rings. The molecule has 0 saturated carbocycles. The minimum absolute atomic E-state index is 0.239. The predicted octanol–water partition coefficient (Wildman–Crippen LogP) is 2.49. The van der Waals surface area contributed by atoms with Crippen LogP contribution in [0.25, 0.3) is 20.5 Å². The Morgan fingerprint density at radius 3 is 2.92 bits per heavy atom. The first-order valence-corrected chi connectivity index (χ1v) is 8.62. The van der Waals surface area contributed by atoms with Crippen molar-refractivity contribution in [2.45, 2.75) is 25.4 Å². The number of anilines is 1.